The van der Waals surface area contributed by atoms with Gasteiger partial charge in [0, 0.05) is 57.8 Å². The maximum atomic E-state index is 14.7. The van der Waals surface area contributed by atoms with E-state index in [9.17, 15) is 9.18 Å². The number of nitrogens with one attached hydrogen (secondary N) is 1. The van der Waals surface area contributed by atoms with E-state index in [-0.39, 0.29) is 12.3 Å². The highest BCUT2D eigenvalue weighted by Gasteiger charge is 2.30. The van der Waals surface area contributed by atoms with Crippen molar-refractivity contribution in [1.29, 1.82) is 0 Å². The van der Waals surface area contributed by atoms with E-state index in [0.29, 0.717) is 80.8 Å². The zero-order valence-electron chi connectivity index (χ0n) is 24.3. The van der Waals surface area contributed by atoms with Crippen LogP contribution in [-0.2, 0) is 20.7 Å². The molecule has 0 aliphatic carbocycles. The van der Waals surface area contributed by atoms with Gasteiger partial charge in [-0.15, -0.1) is 0 Å². The minimum atomic E-state index is -0.398. The van der Waals surface area contributed by atoms with Crippen LogP contribution in [-0.4, -0.2) is 99.6 Å². The Morgan fingerprint density at radius 2 is 1.79 bits per heavy atom. The molecule has 0 radical (unpaired) electrons. The third-order valence-corrected chi connectivity index (χ3v) is 7.89. The molecule has 0 bridgehead atoms. The fraction of sp³-hybridized carbons (Fsp3) is 0.633. The third kappa shape index (κ3) is 10.6. The number of hydrogen-bond donors (Lipinski definition) is 2. The molecule has 2 aromatic rings. The van der Waals surface area contributed by atoms with Crippen LogP contribution < -0.4 is 20.7 Å². The van der Waals surface area contributed by atoms with Gasteiger partial charge in [0.25, 0.3) is 0 Å². The largest absolute Gasteiger partial charge is 0.493 e. The summed E-state index contributed by atoms with van der Waals surface area (Å²) in [6, 6.07) is 4.81. The Kier molecular flexibility index (Phi) is 13.5. The van der Waals surface area contributed by atoms with Gasteiger partial charge in [-0.05, 0) is 43.2 Å². The topological polar surface area (TPSA) is 115 Å². The number of aromatic nitrogens is 2. The van der Waals surface area contributed by atoms with Gasteiger partial charge in [-0.25, -0.2) is 14.4 Å². The SMILES string of the molecule is NCCOCCOCCNCC1CN(C(=O)Cc2ccc(OCCCC3CCN(c4ncc(Cl)cn4)CC3)cc2F)C1. The number of likely N-dealkylation sites (tertiary alicyclic amines) is 1. The van der Waals surface area contributed by atoms with Crippen LogP contribution in [0.15, 0.2) is 30.6 Å². The van der Waals surface area contributed by atoms with E-state index < -0.39 is 5.82 Å². The molecule has 232 valence electrons. The summed E-state index contributed by atoms with van der Waals surface area (Å²) in [6.45, 7) is 8.14. The Balaban J connectivity index is 1.04. The molecule has 4 rings (SSSR count). The first kappa shape index (κ1) is 32.3. The summed E-state index contributed by atoms with van der Waals surface area (Å²) >= 11 is 5.88. The molecule has 3 heterocycles. The first-order chi connectivity index (χ1) is 20.5. The lowest BCUT2D eigenvalue weighted by molar-refractivity contribution is -0.136. The summed E-state index contributed by atoms with van der Waals surface area (Å²) in [7, 11) is 0. The quantitative estimate of drug-likeness (QED) is 0.247. The van der Waals surface area contributed by atoms with E-state index in [0.717, 1.165) is 57.8 Å². The first-order valence-corrected chi connectivity index (χ1v) is 15.4. The molecule has 1 aromatic carbocycles. The van der Waals surface area contributed by atoms with Gasteiger partial charge >= 0.3 is 0 Å². The summed E-state index contributed by atoms with van der Waals surface area (Å²) in [5.41, 5.74) is 5.76. The van der Waals surface area contributed by atoms with Crippen molar-refractivity contribution in [3.05, 3.63) is 47.0 Å². The number of carbonyl (C=O) groups is 1. The molecule has 0 spiro atoms. The monoisotopic (exact) mass is 606 g/mol. The standard InChI is InChI=1S/C30H44ClFN6O4/c31-26-19-35-30(36-20-26)37-9-5-23(6-10-37)2-1-11-42-27-4-3-25(28(32)17-27)16-29(39)38-21-24(22-38)18-34-8-13-41-15-14-40-12-7-33/h3-4,17,19-20,23-24,34H,1-2,5-16,18,21-22,33H2. The number of nitrogens with zero attached hydrogens (tertiary/aromatic N) is 4. The first-order valence-electron chi connectivity index (χ1n) is 15.0. The van der Waals surface area contributed by atoms with E-state index >= 15 is 0 Å². The van der Waals surface area contributed by atoms with Crippen LogP contribution in [0, 0.1) is 17.7 Å². The van der Waals surface area contributed by atoms with E-state index in [4.69, 9.17) is 31.5 Å². The lowest BCUT2D eigenvalue weighted by atomic mass is 9.92. The van der Waals surface area contributed by atoms with Crippen LogP contribution in [0.25, 0.3) is 0 Å². The average molecular weight is 607 g/mol. The highest BCUT2D eigenvalue weighted by Crippen LogP contribution is 2.25. The molecular weight excluding hydrogens is 563 g/mol. The number of carbonyl (C=O) groups excluding carboxylic acids is 1. The summed E-state index contributed by atoms with van der Waals surface area (Å²) in [4.78, 5) is 25.2. The maximum Gasteiger partial charge on any atom is 0.227 e. The number of ether oxygens (including phenoxy) is 3. The van der Waals surface area contributed by atoms with Crippen molar-refractivity contribution in [1.82, 2.24) is 20.2 Å². The fourth-order valence-corrected chi connectivity index (χ4v) is 5.34. The number of benzene rings is 1. The second kappa shape index (κ2) is 17.5. The molecule has 10 nitrogen and oxygen atoms in total. The van der Waals surface area contributed by atoms with Crippen LogP contribution in [0.4, 0.5) is 10.3 Å². The number of rotatable bonds is 18. The van der Waals surface area contributed by atoms with Crippen molar-refractivity contribution in [2.24, 2.45) is 17.6 Å². The molecule has 2 saturated heterocycles. The Morgan fingerprint density at radius 3 is 2.50 bits per heavy atom. The minimum Gasteiger partial charge on any atom is -0.493 e. The normalized spacial score (nSPS) is 16.1. The van der Waals surface area contributed by atoms with Crippen LogP contribution in [0.2, 0.25) is 5.02 Å². The number of nitrogens with two attached hydrogens (primary N) is 1. The van der Waals surface area contributed by atoms with Gasteiger partial charge in [-0.1, -0.05) is 17.7 Å². The van der Waals surface area contributed by atoms with Crippen LogP contribution in [0.1, 0.15) is 31.2 Å². The molecule has 12 heteroatoms. The van der Waals surface area contributed by atoms with Gasteiger partial charge in [0.05, 0.1) is 56.9 Å². The third-order valence-electron chi connectivity index (χ3n) is 7.70. The Hall–Kier alpha value is -2.57. The molecule has 2 aliphatic heterocycles. The Bertz CT molecular complexity index is 1080. The van der Waals surface area contributed by atoms with Crippen molar-refractivity contribution < 1.29 is 23.4 Å². The molecule has 2 fully saturated rings. The van der Waals surface area contributed by atoms with Crippen molar-refractivity contribution >= 4 is 23.5 Å². The minimum absolute atomic E-state index is 0.0479. The molecule has 1 amide bonds. The summed E-state index contributed by atoms with van der Waals surface area (Å²) in [6.07, 6.45) is 7.46. The van der Waals surface area contributed by atoms with Gasteiger partial charge in [0.2, 0.25) is 11.9 Å². The van der Waals surface area contributed by atoms with E-state index in [1.54, 1.807) is 29.4 Å². The van der Waals surface area contributed by atoms with Gasteiger partial charge in [0.15, 0.2) is 0 Å². The van der Waals surface area contributed by atoms with E-state index in [1.165, 1.54) is 6.07 Å². The maximum absolute atomic E-state index is 14.7. The van der Waals surface area contributed by atoms with Crippen molar-refractivity contribution in [2.45, 2.75) is 32.1 Å². The van der Waals surface area contributed by atoms with Gasteiger partial charge in [0.1, 0.15) is 11.6 Å². The zero-order valence-corrected chi connectivity index (χ0v) is 25.1. The summed E-state index contributed by atoms with van der Waals surface area (Å²) < 4.78 is 31.3. The number of halogens is 2. The number of anilines is 1. The number of hydrogen-bond acceptors (Lipinski definition) is 9. The Morgan fingerprint density at radius 1 is 1.05 bits per heavy atom. The lowest BCUT2D eigenvalue weighted by Gasteiger charge is -2.39. The highest BCUT2D eigenvalue weighted by atomic mass is 35.5. The molecule has 1 aromatic heterocycles. The molecule has 0 unspecified atom stereocenters. The van der Waals surface area contributed by atoms with Gasteiger partial charge < -0.3 is 35.1 Å². The van der Waals surface area contributed by atoms with Crippen molar-refractivity contribution in [2.75, 3.05) is 83.7 Å². The van der Waals surface area contributed by atoms with Gasteiger partial charge in [-0.3, -0.25) is 4.79 Å². The molecular formula is C30H44ClFN6O4. The molecule has 0 atom stereocenters. The van der Waals surface area contributed by atoms with Crippen molar-refractivity contribution in [3.8, 4) is 5.75 Å². The second-order valence-corrected chi connectivity index (χ2v) is 11.4. The van der Waals surface area contributed by atoms with E-state index in [2.05, 4.69) is 20.2 Å². The summed E-state index contributed by atoms with van der Waals surface area (Å²) in [5.74, 6) is 1.82. The smallest absolute Gasteiger partial charge is 0.227 e. The zero-order chi connectivity index (χ0) is 29.6. The predicted octanol–water partition coefficient (Wildman–Crippen LogP) is 2.93. The second-order valence-electron chi connectivity index (χ2n) is 10.9. The average Bonchev–Trinajstić information content (AvgIpc) is 2.97. The molecule has 3 N–H and O–H groups in total. The number of amides is 1. The van der Waals surface area contributed by atoms with Crippen LogP contribution >= 0.6 is 11.6 Å². The lowest BCUT2D eigenvalue weighted by Crippen LogP contribution is -2.53. The van der Waals surface area contributed by atoms with Crippen LogP contribution in [0.3, 0.4) is 0 Å². The number of piperidine rings is 1. The predicted molar refractivity (Wildman–Crippen MR) is 160 cm³/mol. The Labute approximate surface area is 253 Å². The fourth-order valence-electron chi connectivity index (χ4n) is 5.25. The molecule has 42 heavy (non-hydrogen) atoms. The highest BCUT2D eigenvalue weighted by molar-refractivity contribution is 6.30. The van der Waals surface area contributed by atoms with Crippen LogP contribution in [0.5, 0.6) is 5.75 Å². The molecule has 0 saturated carbocycles. The van der Waals surface area contributed by atoms with Crippen molar-refractivity contribution in [3.63, 3.8) is 0 Å². The van der Waals surface area contributed by atoms with Gasteiger partial charge in [-0.2, -0.15) is 0 Å². The van der Waals surface area contributed by atoms with E-state index in [1.807, 2.05) is 0 Å². The molecule has 2 aliphatic rings. The summed E-state index contributed by atoms with van der Waals surface area (Å²) in [5, 5.41) is 3.90.